The number of nitrogens with two attached hydrogens (primary N) is 1. The maximum absolute atomic E-state index is 5.83. The minimum atomic E-state index is 0.330. The molecule has 0 aliphatic rings. The van der Waals surface area contributed by atoms with Gasteiger partial charge in [0.2, 0.25) is 0 Å². The van der Waals surface area contributed by atoms with E-state index in [1.54, 1.807) is 6.33 Å². The highest BCUT2D eigenvalue weighted by molar-refractivity contribution is 5.45. The Morgan fingerprint density at radius 2 is 2.14 bits per heavy atom. The van der Waals surface area contributed by atoms with Gasteiger partial charge in [0.05, 0.1) is 12.1 Å². The zero-order chi connectivity index (χ0) is 15.1. The fourth-order valence-electron chi connectivity index (χ4n) is 1.88. The Morgan fingerprint density at radius 1 is 1.33 bits per heavy atom. The first-order chi connectivity index (χ1) is 10.2. The molecular weight excluding hydrogens is 264 g/mol. The summed E-state index contributed by atoms with van der Waals surface area (Å²) in [5.74, 6) is 7.90. The van der Waals surface area contributed by atoms with E-state index in [1.807, 2.05) is 28.9 Å². The summed E-state index contributed by atoms with van der Waals surface area (Å²) in [6.45, 7) is 5.81. The van der Waals surface area contributed by atoms with E-state index >= 15 is 0 Å². The molecule has 0 unspecified atom stereocenters. The molecule has 1 aromatic carbocycles. The molecule has 0 amide bonds. The Labute approximate surface area is 125 Å². The third-order valence-corrected chi connectivity index (χ3v) is 2.80. The monoisotopic (exact) mass is 284 g/mol. The SMILES string of the molecule is CC(C)Cn1ncnc1COc1ccccc1C#CCN. The van der Waals surface area contributed by atoms with Gasteiger partial charge in [0.1, 0.15) is 18.7 Å². The lowest BCUT2D eigenvalue weighted by Gasteiger charge is -2.10. The molecule has 1 heterocycles. The number of para-hydroxylation sites is 1. The lowest BCUT2D eigenvalue weighted by molar-refractivity contribution is 0.282. The van der Waals surface area contributed by atoms with Crippen LogP contribution in [-0.4, -0.2) is 21.3 Å². The van der Waals surface area contributed by atoms with Crippen molar-refractivity contribution in [2.75, 3.05) is 6.54 Å². The van der Waals surface area contributed by atoms with Crippen molar-refractivity contribution in [2.24, 2.45) is 11.7 Å². The van der Waals surface area contributed by atoms with Crippen LogP contribution in [0, 0.1) is 17.8 Å². The predicted molar refractivity (Wildman–Crippen MR) is 81.6 cm³/mol. The summed E-state index contributed by atoms with van der Waals surface area (Å²) in [6, 6.07) is 7.65. The fourth-order valence-corrected chi connectivity index (χ4v) is 1.88. The highest BCUT2D eigenvalue weighted by atomic mass is 16.5. The Bertz CT molecular complexity index is 637. The summed E-state index contributed by atoms with van der Waals surface area (Å²) >= 11 is 0. The van der Waals surface area contributed by atoms with E-state index in [0.717, 1.165) is 23.7 Å². The van der Waals surface area contributed by atoms with Crippen LogP contribution in [0.25, 0.3) is 0 Å². The van der Waals surface area contributed by atoms with Crippen molar-refractivity contribution in [3.63, 3.8) is 0 Å². The van der Waals surface area contributed by atoms with E-state index < -0.39 is 0 Å². The average molecular weight is 284 g/mol. The second-order valence-corrected chi connectivity index (χ2v) is 5.04. The van der Waals surface area contributed by atoms with Crippen molar-refractivity contribution in [3.05, 3.63) is 42.0 Å². The van der Waals surface area contributed by atoms with Crippen LogP contribution in [0.2, 0.25) is 0 Å². The standard InChI is InChI=1S/C16H20N4O/c1-13(2)10-20-16(18-12-19-20)11-21-15-8-4-3-6-14(15)7-5-9-17/h3-4,6,8,12-13H,9-11,17H2,1-2H3. The lowest BCUT2D eigenvalue weighted by atomic mass is 10.2. The van der Waals surface area contributed by atoms with Gasteiger partial charge in [-0.1, -0.05) is 37.8 Å². The molecule has 21 heavy (non-hydrogen) atoms. The topological polar surface area (TPSA) is 66.0 Å². The van der Waals surface area contributed by atoms with E-state index in [0.29, 0.717) is 19.1 Å². The maximum atomic E-state index is 5.83. The quantitative estimate of drug-likeness (QED) is 0.851. The van der Waals surface area contributed by atoms with E-state index in [1.165, 1.54) is 0 Å². The highest BCUT2D eigenvalue weighted by Gasteiger charge is 2.08. The van der Waals surface area contributed by atoms with Gasteiger partial charge >= 0.3 is 0 Å². The molecule has 0 aliphatic heterocycles. The minimum absolute atomic E-state index is 0.330. The van der Waals surface area contributed by atoms with Gasteiger partial charge in [-0.05, 0) is 18.1 Å². The molecule has 5 nitrogen and oxygen atoms in total. The summed E-state index contributed by atoms with van der Waals surface area (Å²) in [7, 11) is 0. The molecule has 0 fully saturated rings. The molecule has 0 bridgehead atoms. The smallest absolute Gasteiger partial charge is 0.164 e. The fraction of sp³-hybridized carbons (Fsp3) is 0.375. The molecule has 0 atom stereocenters. The van der Waals surface area contributed by atoms with E-state index in [4.69, 9.17) is 10.5 Å². The van der Waals surface area contributed by atoms with Crippen molar-refractivity contribution < 1.29 is 4.74 Å². The van der Waals surface area contributed by atoms with Crippen LogP contribution in [0.5, 0.6) is 5.75 Å². The van der Waals surface area contributed by atoms with Crippen molar-refractivity contribution in [2.45, 2.75) is 27.0 Å². The summed E-state index contributed by atoms with van der Waals surface area (Å²) in [6.07, 6.45) is 1.56. The number of benzene rings is 1. The van der Waals surface area contributed by atoms with E-state index in [9.17, 15) is 0 Å². The lowest BCUT2D eigenvalue weighted by Crippen LogP contribution is -2.12. The molecule has 0 aliphatic carbocycles. The Hall–Kier alpha value is -2.32. The third-order valence-electron chi connectivity index (χ3n) is 2.80. The molecule has 2 aromatic rings. The zero-order valence-corrected chi connectivity index (χ0v) is 12.4. The molecule has 2 rings (SSSR count). The molecule has 2 N–H and O–H groups in total. The third kappa shape index (κ3) is 4.33. The molecule has 5 heteroatoms. The van der Waals surface area contributed by atoms with Gasteiger partial charge in [0, 0.05) is 6.54 Å². The Morgan fingerprint density at radius 3 is 2.90 bits per heavy atom. The van der Waals surface area contributed by atoms with Gasteiger partial charge in [-0.15, -0.1) is 0 Å². The van der Waals surface area contributed by atoms with Crippen molar-refractivity contribution in [1.29, 1.82) is 0 Å². The van der Waals surface area contributed by atoms with Crippen LogP contribution < -0.4 is 10.5 Å². The second kappa shape index (κ2) is 7.46. The minimum Gasteiger partial charge on any atom is -0.484 e. The first kappa shape index (κ1) is 15.1. The highest BCUT2D eigenvalue weighted by Crippen LogP contribution is 2.18. The van der Waals surface area contributed by atoms with Crippen molar-refractivity contribution >= 4 is 0 Å². The summed E-state index contributed by atoms with van der Waals surface area (Å²) in [4.78, 5) is 4.25. The van der Waals surface area contributed by atoms with Crippen LogP contribution in [0.1, 0.15) is 25.2 Å². The molecule has 110 valence electrons. The summed E-state index contributed by atoms with van der Waals surface area (Å²) < 4.78 is 7.71. The van der Waals surface area contributed by atoms with Gasteiger partial charge in [-0.25, -0.2) is 9.67 Å². The number of hydrogen-bond acceptors (Lipinski definition) is 4. The van der Waals surface area contributed by atoms with Crippen molar-refractivity contribution in [1.82, 2.24) is 14.8 Å². The van der Waals surface area contributed by atoms with E-state index in [-0.39, 0.29) is 0 Å². The molecule has 0 saturated heterocycles. The van der Waals surface area contributed by atoms with Gasteiger partial charge in [0.15, 0.2) is 5.82 Å². The molecule has 0 spiro atoms. The molecule has 0 saturated carbocycles. The number of nitrogens with zero attached hydrogens (tertiary/aromatic N) is 3. The second-order valence-electron chi connectivity index (χ2n) is 5.04. The van der Waals surface area contributed by atoms with Gasteiger partial charge in [-0.3, -0.25) is 0 Å². The molecule has 0 radical (unpaired) electrons. The van der Waals surface area contributed by atoms with E-state index in [2.05, 4.69) is 35.8 Å². The first-order valence-electron chi connectivity index (χ1n) is 6.98. The molecule has 1 aromatic heterocycles. The Kier molecular flexibility index (Phi) is 5.35. The largest absolute Gasteiger partial charge is 0.484 e. The average Bonchev–Trinajstić information content (AvgIpc) is 2.90. The van der Waals surface area contributed by atoms with Crippen LogP contribution in [0.3, 0.4) is 0 Å². The molecular formula is C16H20N4O. The normalized spacial score (nSPS) is 10.3. The Balaban J connectivity index is 2.08. The zero-order valence-electron chi connectivity index (χ0n) is 12.4. The van der Waals surface area contributed by atoms with Gasteiger partial charge < -0.3 is 10.5 Å². The van der Waals surface area contributed by atoms with Crippen LogP contribution in [0.15, 0.2) is 30.6 Å². The van der Waals surface area contributed by atoms with Crippen LogP contribution in [0.4, 0.5) is 0 Å². The summed E-state index contributed by atoms with van der Waals surface area (Å²) in [5.41, 5.74) is 6.24. The maximum Gasteiger partial charge on any atom is 0.164 e. The first-order valence-corrected chi connectivity index (χ1v) is 6.98. The predicted octanol–water partition coefficient (Wildman–Crippen LogP) is 1.82. The van der Waals surface area contributed by atoms with Gasteiger partial charge in [-0.2, -0.15) is 5.10 Å². The number of hydrogen-bond donors (Lipinski definition) is 1. The van der Waals surface area contributed by atoms with Crippen LogP contribution >= 0.6 is 0 Å². The van der Waals surface area contributed by atoms with Crippen molar-refractivity contribution in [3.8, 4) is 17.6 Å². The number of aromatic nitrogens is 3. The number of ether oxygens (including phenoxy) is 1. The number of rotatable bonds is 5. The van der Waals surface area contributed by atoms with Crippen LogP contribution in [-0.2, 0) is 13.2 Å². The van der Waals surface area contributed by atoms with Gasteiger partial charge in [0.25, 0.3) is 0 Å². The summed E-state index contributed by atoms with van der Waals surface area (Å²) in [5, 5.41) is 4.22.